The molecule has 0 unspecified atom stereocenters. The van der Waals surface area contributed by atoms with Gasteiger partial charge in [0.2, 0.25) is 0 Å². The van der Waals surface area contributed by atoms with Crippen LogP contribution in [-0.2, 0) is 0 Å². The van der Waals surface area contributed by atoms with Gasteiger partial charge in [-0.2, -0.15) is 0 Å². The smallest absolute Gasteiger partial charge is 0.257 e. The Balaban J connectivity index is 1.62. The van der Waals surface area contributed by atoms with Crippen LogP contribution in [0.3, 0.4) is 0 Å². The molecule has 1 aliphatic heterocycles. The minimum absolute atomic E-state index is 0.173. The van der Waals surface area contributed by atoms with Gasteiger partial charge in [0, 0.05) is 24.5 Å². The predicted octanol–water partition coefficient (Wildman–Crippen LogP) is 3.63. The lowest BCUT2D eigenvalue weighted by atomic mass is 10.1. The summed E-state index contributed by atoms with van der Waals surface area (Å²) in [5.74, 6) is -0.196. The third kappa shape index (κ3) is 3.87. The summed E-state index contributed by atoms with van der Waals surface area (Å²) in [7, 11) is 1.49. The number of aromatic nitrogens is 1. The molecule has 4 nitrogen and oxygen atoms in total. The minimum atomic E-state index is -0.431. The molecule has 24 heavy (non-hydrogen) atoms. The lowest BCUT2D eigenvalue weighted by molar-refractivity contribution is 0.0723. The molecule has 0 aliphatic carbocycles. The molecular weight excluding hydrogens is 327 g/mol. The second kappa shape index (κ2) is 7.66. The molecular formula is C18H19FN2O2S. The van der Waals surface area contributed by atoms with E-state index in [1.165, 1.54) is 25.3 Å². The maximum absolute atomic E-state index is 13.5. The molecule has 0 N–H and O–H groups in total. The van der Waals surface area contributed by atoms with Gasteiger partial charge >= 0.3 is 0 Å². The van der Waals surface area contributed by atoms with Gasteiger partial charge in [0.25, 0.3) is 5.91 Å². The zero-order valence-corrected chi connectivity index (χ0v) is 14.3. The molecule has 6 heteroatoms. The van der Waals surface area contributed by atoms with E-state index in [2.05, 4.69) is 4.98 Å². The number of methoxy groups -OCH3 is 1. The third-order valence-corrected chi connectivity index (χ3v) is 5.33. The number of carbonyl (C=O) groups is 1. The number of likely N-dealkylation sites (tertiary alicyclic amines) is 1. The highest BCUT2D eigenvalue weighted by atomic mass is 32.2. The average molecular weight is 346 g/mol. The average Bonchev–Trinajstić information content (AvgIpc) is 2.62. The van der Waals surface area contributed by atoms with E-state index in [4.69, 9.17) is 4.74 Å². The molecule has 0 radical (unpaired) electrons. The topological polar surface area (TPSA) is 42.4 Å². The number of carbonyl (C=O) groups excluding carboxylic acids is 1. The van der Waals surface area contributed by atoms with Crippen LogP contribution in [0.5, 0.6) is 5.75 Å². The maximum atomic E-state index is 13.5. The van der Waals surface area contributed by atoms with Gasteiger partial charge in [0.15, 0.2) is 0 Å². The molecule has 1 fully saturated rings. The van der Waals surface area contributed by atoms with E-state index < -0.39 is 5.82 Å². The number of pyridine rings is 1. The Morgan fingerprint density at radius 1 is 1.29 bits per heavy atom. The van der Waals surface area contributed by atoms with Crippen LogP contribution >= 0.6 is 11.8 Å². The number of ether oxygens (including phenoxy) is 1. The van der Waals surface area contributed by atoms with Crippen LogP contribution in [0, 0.1) is 5.82 Å². The maximum Gasteiger partial charge on any atom is 0.257 e. The van der Waals surface area contributed by atoms with Crippen LogP contribution < -0.4 is 4.74 Å². The fourth-order valence-electron chi connectivity index (χ4n) is 2.78. The highest BCUT2D eigenvalue weighted by molar-refractivity contribution is 7.99. The van der Waals surface area contributed by atoms with Crippen molar-refractivity contribution in [3.05, 3.63) is 54.0 Å². The molecule has 2 heterocycles. The van der Waals surface area contributed by atoms with Crippen molar-refractivity contribution in [2.24, 2.45) is 0 Å². The molecule has 126 valence electrons. The Kier molecular flexibility index (Phi) is 5.35. The number of rotatable bonds is 4. The van der Waals surface area contributed by atoms with Gasteiger partial charge < -0.3 is 9.64 Å². The van der Waals surface area contributed by atoms with Gasteiger partial charge in [-0.25, -0.2) is 9.37 Å². The SMILES string of the molecule is COc1ccc(F)cc1C(=O)N1CCC(Sc2ccccn2)CC1. The zero-order chi connectivity index (χ0) is 16.9. The minimum Gasteiger partial charge on any atom is -0.496 e. The monoisotopic (exact) mass is 346 g/mol. The van der Waals surface area contributed by atoms with E-state index in [0.717, 1.165) is 17.9 Å². The normalized spacial score (nSPS) is 15.3. The molecule has 3 rings (SSSR count). The van der Waals surface area contributed by atoms with E-state index >= 15 is 0 Å². The standard InChI is InChI=1S/C18H19FN2O2S/c1-23-16-6-5-13(19)12-15(16)18(22)21-10-7-14(8-11-21)24-17-4-2-3-9-20-17/h2-6,9,12,14H,7-8,10-11H2,1H3. The molecule has 0 spiro atoms. The Labute approximate surface area is 145 Å². The number of thioether (sulfide) groups is 1. The van der Waals surface area contributed by atoms with E-state index in [9.17, 15) is 9.18 Å². The summed E-state index contributed by atoms with van der Waals surface area (Å²) in [5.41, 5.74) is 0.285. The first-order chi connectivity index (χ1) is 11.7. The molecule has 2 aromatic rings. The van der Waals surface area contributed by atoms with Crippen molar-refractivity contribution in [3.63, 3.8) is 0 Å². The first-order valence-electron chi connectivity index (χ1n) is 7.88. The van der Waals surface area contributed by atoms with E-state index in [0.29, 0.717) is 24.1 Å². The highest BCUT2D eigenvalue weighted by Crippen LogP contribution is 2.30. The summed E-state index contributed by atoms with van der Waals surface area (Å²) in [6.45, 7) is 1.31. The van der Waals surface area contributed by atoms with Crippen LogP contribution in [0.4, 0.5) is 4.39 Å². The fraction of sp³-hybridized carbons (Fsp3) is 0.333. The second-order valence-corrected chi connectivity index (χ2v) is 6.94. The number of halogens is 1. The largest absolute Gasteiger partial charge is 0.496 e. The highest BCUT2D eigenvalue weighted by Gasteiger charge is 2.26. The van der Waals surface area contributed by atoms with Gasteiger partial charge in [-0.1, -0.05) is 6.07 Å². The molecule has 1 aromatic heterocycles. The fourth-order valence-corrected chi connectivity index (χ4v) is 3.85. The molecule has 0 atom stereocenters. The Morgan fingerprint density at radius 3 is 2.75 bits per heavy atom. The predicted molar refractivity (Wildman–Crippen MR) is 92.0 cm³/mol. The summed E-state index contributed by atoms with van der Waals surface area (Å²) >= 11 is 1.75. The van der Waals surface area contributed by atoms with Crippen molar-refractivity contribution in [1.82, 2.24) is 9.88 Å². The molecule has 1 amide bonds. The number of piperidine rings is 1. The Bertz CT molecular complexity index is 703. The van der Waals surface area contributed by atoms with Gasteiger partial charge in [-0.05, 0) is 43.2 Å². The van der Waals surface area contributed by atoms with E-state index in [1.807, 2.05) is 18.2 Å². The molecule has 1 aromatic carbocycles. The zero-order valence-electron chi connectivity index (χ0n) is 13.4. The van der Waals surface area contributed by atoms with Crippen LogP contribution in [0.25, 0.3) is 0 Å². The van der Waals surface area contributed by atoms with Gasteiger partial charge in [0.1, 0.15) is 11.6 Å². The van der Waals surface area contributed by atoms with Crippen LogP contribution in [0.2, 0.25) is 0 Å². The number of benzene rings is 1. The molecule has 1 aliphatic rings. The van der Waals surface area contributed by atoms with Crippen molar-refractivity contribution >= 4 is 17.7 Å². The summed E-state index contributed by atoms with van der Waals surface area (Å²) in [6, 6.07) is 9.91. The summed E-state index contributed by atoms with van der Waals surface area (Å²) < 4.78 is 18.7. The lowest BCUT2D eigenvalue weighted by Crippen LogP contribution is -2.39. The van der Waals surface area contributed by atoms with Crippen LogP contribution in [0.15, 0.2) is 47.6 Å². The number of nitrogens with zero attached hydrogens (tertiary/aromatic N) is 2. The number of hydrogen-bond acceptors (Lipinski definition) is 4. The summed E-state index contributed by atoms with van der Waals surface area (Å²) in [6.07, 6.45) is 3.58. The van der Waals surface area contributed by atoms with Crippen molar-refractivity contribution in [3.8, 4) is 5.75 Å². The lowest BCUT2D eigenvalue weighted by Gasteiger charge is -2.31. The number of hydrogen-bond donors (Lipinski definition) is 0. The van der Waals surface area contributed by atoms with Crippen molar-refractivity contribution in [2.45, 2.75) is 23.1 Å². The first kappa shape index (κ1) is 16.8. The molecule has 1 saturated heterocycles. The Morgan fingerprint density at radius 2 is 2.08 bits per heavy atom. The van der Waals surface area contributed by atoms with Crippen LogP contribution in [0.1, 0.15) is 23.2 Å². The van der Waals surface area contributed by atoms with Gasteiger partial charge in [-0.3, -0.25) is 4.79 Å². The Hall–Kier alpha value is -2.08. The van der Waals surface area contributed by atoms with Crippen molar-refractivity contribution in [2.75, 3.05) is 20.2 Å². The summed E-state index contributed by atoms with van der Waals surface area (Å²) in [5, 5.41) is 1.45. The first-order valence-corrected chi connectivity index (χ1v) is 8.76. The van der Waals surface area contributed by atoms with E-state index in [1.54, 1.807) is 22.9 Å². The van der Waals surface area contributed by atoms with Crippen molar-refractivity contribution < 1.29 is 13.9 Å². The molecule has 0 saturated carbocycles. The van der Waals surface area contributed by atoms with Crippen molar-refractivity contribution in [1.29, 1.82) is 0 Å². The van der Waals surface area contributed by atoms with E-state index in [-0.39, 0.29) is 11.5 Å². The molecule has 0 bridgehead atoms. The van der Waals surface area contributed by atoms with Crippen LogP contribution in [-0.4, -0.2) is 41.2 Å². The number of amides is 1. The third-order valence-electron chi connectivity index (χ3n) is 4.05. The summed E-state index contributed by atoms with van der Waals surface area (Å²) in [4.78, 5) is 18.8. The quantitative estimate of drug-likeness (QED) is 0.848. The van der Waals surface area contributed by atoms with Gasteiger partial charge in [0.05, 0.1) is 17.7 Å². The van der Waals surface area contributed by atoms with Gasteiger partial charge in [-0.15, -0.1) is 11.8 Å². The second-order valence-electron chi connectivity index (χ2n) is 5.62.